The number of nitrogens with zero attached hydrogens (tertiary/aromatic N) is 3. The molecule has 0 amide bonds. The van der Waals surface area contributed by atoms with Crippen molar-refractivity contribution < 1.29 is 13.9 Å². The van der Waals surface area contributed by atoms with Crippen molar-refractivity contribution in [2.24, 2.45) is 0 Å². The third-order valence-corrected chi connectivity index (χ3v) is 6.70. The van der Waals surface area contributed by atoms with Crippen LogP contribution in [0, 0.1) is 12.7 Å². The Kier molecular flexibility index (Phi) is 7.81. The minimum absolute atomic E-state index is 0.165. The van der Waals surface area contributed by atoms with Gasteiger partial charge in [0.1, 0.15) is 17.2 Å². The summed E-state index contributed by atoms with van der Waals surface area (Å²) in [7, 11) is 0. The summed E-state index contributed by atoms with van der Waals surface area (Å²) in [6, 6.07) is 17.3. The van der Waals surface area contributed by atoms with Crippen molar-refractivity contribution in [1.29, 1.82) is 0 Å². The first-order chi connectivity index (χ1) is 16.9. The second kappa shape index (κ2) is 11.0. The number of likely N-dealkylation sites (N-methyl/N-ethyl adjacent to an activating group) is 1. The molecule has 1 fully saturated rings. The van der Waals surface area contributed by atoms with E-state index in [1.165, 1.54) is 6.07 Å². The molecule has 0 unspecified atom stereocenters. The number of carbonyl (C=O) groups is 1. The number of anilines is 1. The van der Waals surface area contributed by atoms with Crippen LogP contribution in [0.5, 0.6) is 0 Å². The van der Waals surface area contributed by atoms with Crippen LogP contribution in [0.4, 0.5) is 10.2 Å². The Morgan fingerprint density at radius 1 is 1.17 bits per heavy atom. The van der Waals surface area contributed by atoms with Crippen LogP contribution in [0.1, 0.15) is 48.7 Å². The molecule has 3 aromatic rings. The Morgan fingerprint density at radius 2 is 1.94 bits per heavy atom. The van der Waals surface area contributed by atoms with Gasteiger partial charge in [-0.25, -0.2) is 14.2 Å². The van der Waals surface area contributed by atoms with E-state index in [0.717, 1.165) is 42.7 Å². The van der Waals surface area contributed by atoms with E-state index in [4.69, 9.17) is 4.74 Å². The van der Waals surface area contributed by atoms with Gasteiger partial charge >= 0.3 is 5.97 Å². The summed E-state index contributed by atoms with van der Waals surface area (Å²) < 4.78 is 19.7. The normalized spacial score (nSPS) is 15.7. The van der Waals surface area contributed by atoms with Crippen LogP contribution in [-0.2, 0) is 11.3 Å². The lowest BCUT2D eigenvalue weighted by molar-refractivity contribution is 0.0379. The van der Waals surface area contributed by atoms with Gasteiger partial charge < -0.3 is 9.64 Å². The smallest absolute Gasteiger partial charge is 0.342 e. The predicted octanol–water partition coefficient (Wildman–Crippen LogP) is 5.86. The fourth-order valence-corrected chi connectivity index (χ4v) is 4.80. The summed E-state index contributed by atoms with van der Waals surface area (Å²) in [4.78, 5) is 22.5. The van der Waals surface area contributed by atoms with Crippen LogP contribution >= 0.6 is 0 Å². The van der Waals surface area contributed by atoms with Gasteiger partial charge in [-0.1, -0.05) is 49.4 Å². The largest absolute Gasteiger partial charge is 0.459 e. The van der Waals surface area contributed by atoms with Gasteiger partial charge in [0, 0.05) is 37.4 Å². The maximum absolute atomic E-state index is 14.1. The zero-order chi connectivity index (χ0) is 24.9. The number of benzene rings is 2. The molecular formula is C29H34FN3O2. The molecule has 6 heteroatoms. The molecule has 184 valence electrons. The fourth-order valence-electron chi connectivity index (χ4n) is 4.80. The lowest BCUT2D eigenvalue weighted by Crippen LogP contribution is -2.37. The van der Waals surface area contributed by atoms with Crippen LogP contribution in [0.2, 0.25) is 0 Å². The molecule has 1 atom stereocenters. The minimum Gasteiger partial charge on any atom is -0.459 e. The minimum atomic E-state index is -0.354. The Labute approximate surface area is 207 Å². The molecule has 35 heavy (non-hydrogen) atoms. The molecule has 2 heterocycles. The van der Waals surface area contributed by atoms with E-state index in [9.17, 15) is 9.18 Å². The maximum atomic E-state index is 14.1. The van der Waals surface area contributed by atoms with Crippen molar-refractivity contribution in [2.45, 2.75) is 52.8 Å². The third kappa shape index (κ3) is 5.54. The molecule has 2 aromatic carbocycles. The second-order valence-corrected chi connectivity index (χ2v) is 9.35. The van der Waals surface area contributed by atoms with Crippen LogP contribution in [-0.4, -0.2) is 47.6 Å². The number of ether oxygens (including phenoxy) is 1. The number of aromatic nitrogens is 1. The molecule has 0 radical (unpaired) electrons. The Hall–Kier alpha value is -3.25. The molecule has 0 spiro atoms. The van der Waals surface area contributed by atoms with Gasteiger partial charge in [-0.15, -0.1) is 0 Å². The summed E-state index contributed by atoms with van der Waals surface area (Å²) in [6.07, 6.45) is 2.48. The van der Waals surface area contributed by atoms with Crippen molar-refractivity contribution in [3.63, 3.8) is 0 Å². The highest BCUT2D eigenvalue weighted by Crippen LogP contribution is 2.33. The Bertz CT molecular complexity index is 1170. The van der Waals surface area contributed by atoms with Crippen LogP contribution in [0.25, 0.3) is 11.1 Å². The third-order valence-electron chi connectivity index (χ3n) is 6.70. The maximum Gasteiger partial charge on any atom is 0.342 e. The highest BCUT2D eigenvalue weighted by molar-refractivity contribution is 6.02. The van der Waals surface area contributed by atoms with E-state index >= 15 is 0 Å². The SMILES string of the molecule is CCN(Cc1cccc(F)c1C)[C@@H]1CCN(c2nccc(-c3ccccc3)c2C(=O)OC(C)C)C1. The number of hydrogen-bond donors (Lipinski definition) is 0. The highest BCUT2D eigenvalue weighted by atomic mass is 19.1. The number of esters is 1. The van der Waals surface area contributed by atoms with E-state index in [1.54, 1.807) is 12.3 Å². The highest BCUT2D eigenvalue weighted by Gasteiger charge is 2.32. The average Bonchev–Trinajstić information content (AvgIpc) is 3.34. The summed E-state index contributed by atoms with van der Waals surface area (Å²) >= 11 is 0. The molecule has 0 saturated carbocycles. The van der Waals surface area contributed by atoms with Gasteiger partial charge in [0.15, 0.2) is 0 Å². The zero-order valence-electron chi connectivity index (χ0n) is 21.0. The van der Waals surface area contributed by atoms with Crippen molar-refractivity contribution in [3.8, 4) is 11.1 Å². The van der Waals surface area contributed by atoms with Crippen LogP contribution in [0.3, 0.4) is 0 Å². The van der Waals surface area contributed by atoms with Crippen molar-refractivity contribution in [1.82, 2.24) is 9.88 Å². The fraction of sp³-hybridized carbons (Fsp3) is 0.379. The molecule has 1 aliphatic heterocycles. The number of carbonyl (C=O) groups excluding carboxylic acids is 1. The number of halogens is 1. The van der Waals surface area contributed by atoms with E-state index < -0.39 is 0 Å². The van der Waals surface area contributed by atoms with E-state index in [1.807, 2.05) is 63.2 Å². The molecule has 4 rings (SSSR count). The Balaban J connectivity index is 1.62. The van der Waals surface area contributed by atoms with Gasteiger partial charge in [0.25, 0.3) is 0 Å². The van der Waals surface area contributed by atoms with Crippen LogP contribution < -0.4 is 4.90 Å². The molecule has 0 aliphatic carbocycles. The van der Waals surface area contributed by atoms with E-state index in [-0.39, 0.29) is 23.9 Å². The molecule has 0 bridgehead atoms. The summed E-state index contributed by atoms with van der Waals surface area (Å²) in [5.41, 5.74) is 4.01. The first-order valence-electron chi connectivity index (χ1n) is 12.4. The molecular weight excluding hydrogens is 441 g/mol. The van der Waals surface area contributed by atoms with Gasteiger partial charge in [0.05, 0.1) is 6.10 Å². The predicted molar refractivity (Wildman–Crippen MR) is 138 cm³/mol. The van der Waals surface area contributed by atoms with Gasteiger partial charge in [0.2, 0.25) is 0 Å². The molecule has 1 aromatic heterocycles. The van der Waals surface area contributed by atoms with E-state index in [2.05, 4.69) is 21.7 Å². The Morgan fingerprint density at radius 3 is 2.66 bits per heavy atom. The van der Waals surface area contributed by atoms with Crippen LogP contribution in [0.15, 0.2) is 60.8 Å². The topological polar surface area (TPSA) is 45.7 Å². The number of hydrogen-bond acceptors (Lipinski definition) is 5. The summed E-state index contributed by atoms with van der Waals surface area (Å²) in [5, 5.41) is 0. The average molecular weight is 476 g/mol. The zero-order valence-corrected chi connectivity index (χ0v) is 21.0. The number of pyridine rings is 1. The monoisotopic (exact) mass is 475 g/mol. The lowest BCUT2D eigenvalue weighted by Gasteiger charge is -2.29. The van der Waals surface area contributed by atoms with Crippen molar-refractivity contribution in [3.05, 3.63) is 83.3 Å². The molecule has 1 saturated heterocycles. The second-order valence-electron chi connectivity index (χ2n) is 9.35. The van der Waals surface area contributed by atoms with Crippen molar-refractivity contribution in [2.75, 3.05) is 24.5 Å². The lowest BCUT2D eigenvalue weighted by atomic mass is 10.0. The van der Waals surface area contributed by atoms with E-state index in [0.29, 0.717) is 23.5 Å². The standard InChI is InChI=1S/C29H34FN3O2/c1-5-32(18-23-12-9-13-26(30)21(23)4)24-15-17-33(19-24)28-27(29(34)35-20(2)3)25(14-16-31-28)22-10-7-6-8-11-22/h6-14,16,20,24H,5,15,17-19H2,1-4H3/t24-/m1/s1. The first-order valence-corrected chi connectivity index (χ1v) is 12.4. The van der Waals surface area contributed by atoms with Crippen molar-refractivity contribution >= 4 is 11.8 Å². The first kappa shape index (κ1) is 24.9. The molecule has 1 aliphatic rings. The summed E-state index contributed by atoms with van der Waals surface area (Å²) in [6.45, 7) is 10.8. The molecule has 5 nitrogen and oxygen atoms in total. The van der Waals surface area contributed by atoms with Gasteiger partial charge in [-0.05, 0) is 62.6 Å². The summed E-state index contributed by atoms with van der Waals surface area (Å²) in [5.74, 6) is 0.146. The molecule has 0 N–H and O–H groups in total. The van der Waals surface area contributed by atoms with Gasteiger partial charge in [-0.3, -0.25) is 4.90 Å². The quantitative estimate of drug-likeness (QED) is 0.382. The van der Waals surface area contributed by atoms with Gasteiger partial charge in [-0.2, -0.15) is 0 Å². The number of rotatable bonds is 8.